The number of ether oxygens (including phenoxy) is 2. The van der Waals surface area contributed by atoms with Gasteiger partial charge in [-0.1, -0.05) is 0 Å². The molecule has 0 radical (unpaired) electrons. The summed E-state index contributed by atoms with van der Waals surface area (Å²) in [7, 11) is 0. The van der Waals surface area contributed by atoms with Crippen LogP contribution in [0.15, 0.2) is 18.2 Å². The third-order valence-electron chi connectivity index (χ3n) is 3.79. The molecule has 1 saturated heterocycles. The highest BCUT2D eigenvalue weighted by Gasteiger charge is 2.20. The largest absolute Gasteiger partial charge is 0.454 e. The van der Waals surface area contributed by atoms with Crippen LogP contribution in [0.4, 0.5) is 5.69 Å². The zero-order valence-corrected chi connectivity index (χ0v) is 11.5. The van der Waals surface area contributed by atoms with Gasteiger partial charge < -0.3 is 20.1 Å². The van der Waals surface area contributed by atoms with E-state index in [0.29, 0.717) is 13.2 Å². The first-order chi connectivity index (χ1) is 9.72. The van der Waals surface area contributed by atoms with Crippen molar-refractivity contribution in [2.45, 2.75) is 6.42 Å². The lowest BCUT2D eigenvalue weighted by molar-refractivity contribution is 0.174. The normalized spacial score (nSPS) is 18.3. The summed E-state index contributed by atoms with van der Waals surface area (Å²) < 4.78 is 10.8. The van der Waals surface area contributed by atoms with Gasteiger partial charge in [-0.05, 0) is 12.1 Å². The molecule has 0 amide bonds. The van der Waals surface area contributed by atoms with Crippen molar-refractivity contribution in [2.75, 3.05) is 44.4 Å². The molecule has 2 aliphatic rings. The van der Waals surface area contributed by atoms with Crippen LogP contribution in [-0.4, -0.2) is 50.3 Å². The van der Waals surface area contributed by atoms with Gasteiger partial charge in [0.05, 0.1) is 5.84 Å². The molecular weight excluding hydrogens is 256 g/mol. The number of rotatable bonds is 4. The minimum absolute atomic E-state index is 0.267. The lowest BCUT2D eigenvalue weighted by atomic mass is 10.2. The third kappa shape index (κ3) is 2.80. The summed E-state index contributed by atoms with van der Waals surface area (Å²) in [6, 6.07) is 6.10. The Balaban J connectivity index is 1.56. The number of benzene rings is 1. The van der Waals surface area contributed by atoms with Gasteiger partial charge in [0, 0.05) is 50.9 Å². The van der Waals surface area contributed by atoms with Crippen molar-refractivity contribution in [1.29, 1.82) is 5.41 Å². The number of hydrogen-bond acceptors (Lipinski definition) is 5. The lowest BCUT2D eigenvalue weighted by Crippen LogP contribution is -2.47. The van der Waals surface area contributed by atoms with Gasteiger partial charge in [-0.3, -0.25) is 10.3 Å². The second-order valence-electron chi connectivity index (χ2n) is 5.14. The Hall–Kier alpha value is -1.95. The van der Waals surface area contributed by atoms with E-state index in [2.05, 4.69) is 15.9 Å². The first kappa shape index (κ1) is 13.1. The van der Waals surface area contributed by atoms with Crippen LogP contribution in [0.5, 0.6) is 11.5 Å². The van der Waals surface area contributed by atoms with E-state index in [-0.39, 0.29) is 5.84 Å². The van der Waals surface area contributed by atoms with Gasteiger partial charge in [0.2, 0.25) is 6.79 Å². The molecule has 20 heavy (non-hydrogen) atoms. The SMILES string of the molecule is N=C(N)CCN1CCN(c2ccc3c(c2)OCO3)CC1. The highest BCUT2D eigenvalue weighted by atomic mass is 16.7. The fourth-order valence-corrected chi connectivity index (χ4v) is 2.59. The molecule has 2 aliphatic heterocycles. The van der Waals surface area contributed by atoms with E-state index >= 15 is 0 Å². The maximum atomic E-state index is 7.27. The van der Waals surface area contributed by atoms with Crippen LogP contribution in [0.3, 0.4) is 0 Å². The number of fused-ring (bicyclic) bond motifs is 1. The summed E-state index contributed by atoms with van der Waals surface area (Å²) in [5.74, 6) is 1.93. The van der Waals surface area contributed by atoms with Crippen LogP contribution in [0, 0.1) is 5.41 Å². The van der Waals surface area contributed by atoms with Crippen molar-refractivity contribution in [3.63, 3.8) is 0 Å². The fourth-order valence-electron chi connectivity index (χ4n) is 2.59. The molecule has 0 aliphatic carbocycles. The Kier molecular flexibility index (Phi) is 3.64. The molecule has 0 spiro atoms. The highest BCUT2D eigenvalue weighted by molar-refractivity contribution is 5.76. The molecule has 1 aromatic rings. The molecule has 0 unspecified atom stereocenters. The van der Waals surface area contributed by atoms with Crippen LogP contribution in [0.2, 0.25) is 0 Å². The first-order valence-electron chi connectivity index (χ1n) is 6.92. The molecule has 1 fully saturated rings. The number of nitrogens with zero attached hydrogens (tertiary/aromatic N) is 2. The van der Waals surface area contributed by atoms with Crippen molar-refractivity contribution >= 4 is 11.5 Å². The van der Waals surface area contributed by atoms with Crippen molar-refractivity contribution in [1.82, 2.24) is 4.90 Å². The summed E-state index contributed by atoms with van der Waals surface area (Å²) in [6.07, 6.45) is 0.657. The standard InChI is InChI=1S/C14H20N4O2/c15-14(16)3-4-17-5-7-18(8-6-17)11-1-2-12-13(9-11)20-10-19-12/h1-2,9H,3-8,10H2,(H3,15,16). The Morgan fingerprint density at radius 3 is 2.65 bits per heavy atom. The molecule has 0 bridgehead atoms. The maximum Gasteiger partial charge on any atom is 0.231 e. The zero-order valence-electron chi connectivity index (χ0n) is 11.5. The number of nitrogens with two attached hydrogens (primary N) is 1. The van der Waals surface area contributed by atoms with Crippen molar-refractivity contribution in [2.24, 2.45) is 5.73 Å². The summed E-state index contributed by atoms with van der Waals surface area (Å²) in [5.41, 5.74) is 6.58. The van der Waals surface area contributed by atoms with E-state index in [4.69, 9.17) is 20.6 Å². The molecular formula is C14H20N4O2. The summed E-state index contributed by atoms with van der Waals surface area (Å²) >= 11 is 0. The number of amidine groups is 1. The van der Waals surface area contributed by atoms with Gasteiger partial charge in [-0.15, -0.1) is 0 Å². The van der Waals surface area contributed by atoms with E-state index in [1.807, 2.05) is 12.1 Å². The maximum absolute atomic E-state index is 7.27. The monoisotopic (exact) mass is 276 g/mol. The van der Waals surface area contributed by atoms with Crippen LogP contribution < -0.4 is 20.1 Å². The minimum Gasteiger partial charge on any atom is -0.454 e. The second-order valence-corrected chi connectivity index (χ2v) is 5.14. The van der Waals surface area contributed by atoms with Crippen molar-refractivity contribution in [3.8, 4) is 11.5 Å². The van der Waals surface area contributed by atoms with Gasteiger partial charge in [0.25, 0.3) is 0 Å². The molecule has 6 heteroatoms. The minimum atomic E-state index is 0.267. The molecule has 0 atom stereocenters. The average molecular weight is 276 g/mol. The Labute approximate surface area is 118 Å². The number of nitrogens with one attached hydrogen (secondary N) is 1. The van der Waals surface area contributed by atoms with Gasteiger partial charge in [-0.2, -0.15) is 0 Å². The Bertz CT molecular complexity index is 498. The van der Waals surface area contributed by atoms with Gasteiger partial charge in [0.15, 0.2) is 11.5 Å². The van der Waals surface area contributed by atoms with Crippen molar-refractivity contribution < 1.29 is 9.47 Å². The summed E-state index contributed by atoms with van der Waals surface area (Å²) in [4.78, 5) is 4.71. The molecule has 0 aromatic heterocycles. The average Bonchev–Trinajstić information content (AvgIpc) is 2.93. The predicted octanol–water partition coefficient (Wildman–Crippen LogP) is 0.863. The summed E-state index contributed by atoms with van der Waals surface area (Å²) in [5, 5.41) is 7.27. The number of piperazine rings is 1. The van der Waals surface area contributed by atoms with E-state index in [9.17, 15) is 0 Å². The number of anilines is 1. The van der Waals surface area contributed by atoms with E-state index in [1.54, 1.807) is 0 Å². The fraction of sp³-hybridized carbons (Fsp3) is 0.500. The summed E-state index contributed by atoms with van der Waals surface area (Å²) in [6.45, 7) is 5.17. The van der Waals surface area contributed by atoms with Crippen LogP contribution >= 0.6 is 0 Å². The lowest BCUT2D eigenvalue weighted by Gasteiger charge is -2.36. The quantitative estimate of drug-likeness (QED) is 0.630. The third-order valence-corrected chi connectivity index (χ3v) is 3.79. The number of hydrogen-bond donors (Lipinski definition) is 2. The smallest absolute Gasteiger partial charge is 0.231 e. The molecule has 6 nitrogen and oxygen atoms in total. The highest BCUT2D eigenvalue weighted by Crippen LogP contribution is 2.35. The van der Waals surface area contributed by atoms with E-state index < -0.39 is 0 Å². The topological polar surface area (TPSA) is 74.8 Å². The predicted molar refractivity (Wildman–Crippen MR) is 77.7 cm³/mol. The van der Waals surface area contributed by atoms with Crippen LogP contribution in [0.25, 0.3) is 0 Å². The van der Waals surface area contributed by atoms with E-state index in [1.165, 1.54) is 5.69 Å². The Morgan fingerprint density at radius 1 is 1.15 bits per heavy atom. The molecule has 3 N–H and O–H groups in total. The molecule has 1 aromatic carbocycles. The van der Waals surface area contributed by atoms with Gasteiger partial charge >= 0.3 is 0 Å². The van der Waals surface area contributed by atoms with Gasteiger partial charge in [0.1, 0.15) is 0 Å². The molecule has 0 saturated carbocycles. The van der Waals surface area contributed by atoms with E-state index in [0.717, 1.165) is 44.2 Å². The van der Waals surface area contributed by atoms with Gasteiger partial charge in [-0.25, -0.2) is 0 Å². The zero-order chi connectivity index (χ0) is 13.9. The second kappa shape index (κ2) is 5.58. The molecule has 108 valence electrons. The molecule has 2 heterocycles. The molecule has 3 rings (SSSR count). The Morgan fingerprint density at radius 2 is 1.90 bits per heavy atom. The van der Waals surface area contributed by atoms with Crippen molar-refractivity contribution in [3.05, 3.63) is 18.2 Å². The van der Waals surface area contributed by atoms with Crippen LogP contribution in [0.1, 0.15) is 6.42 Å². The first-order valence-corrected chi connectivity index (χ1v) is 6.92. The van der Waals surface area contributed by atoms with Crippen LogP contribution in [-0.2, 0) is 0 Å².